The van der Waals surface area contributed by atoms with Gasteiger partial charge in [-0.3, -0.25) is 10.2 Å². The molecule has 0 fully saturated rings. The van der Waals surface area contributed by atoms with Crippen LogP contribution in [0.3, 0.4) is 0 Å². The summed E-state index contributed by atoms with van der Waals surface area (Å²) in [6.45, 7) is 1.95. The summed E-state index contributed by atoms with van der Waals surface area (Å²) >= 11 is 6.00. The van der Waals surface area contributed by atoms with Crippen molar-refractivity contribution in [2.75, 3.05) is 7.11 Å². The third kappa shape index (κ3) is 3.12. The van der Waals surface area contributed by atoms with Crippen LogP contribution in [-0.2, 0) is 11.2 Å². The molecule has 1 rings (SSSR count). The minimum atomic E-state index is -0.189. The van der Waals surface area contributed by atoms with Crippen LogP contribution in [0.15, 0.2) is 12.1 Å². The summed E-state index contributed by atoms with van der Waals surface area (Å²) in [5.74, 6) is 5.46. The number of carbonyl (C=O) groups excluding carboxylic acids is 1. The van der Waals surface area contributed by atoms with Gasteiger partial charge in [-0.15, -0.1) is 0 Å². The van der Waals surface area contributed by atoms with Crippen LogP contribution in [0.1, 0.15) is 17.5 Å². The number of aryl methyl sites for hydroxylation is 2. The van der Waals surface area contributed by atoms with Crippen molar-refractivity contribution in [1.29, 1.82) is 0 Å². The zero-order chi connectivity index (χ0) is 12.1. The number of nitrogens with one attached hydrogen (secondary N) is 1. The van der Waals surface area contributed by atoms with Crippen LogP contribution in [0.25, 0.3) is 0 Å². The highest BCUT2D eigenvalue weighted by atomic mass is 35.5. The van der Waals surface area contributed by atoms with Crippen LogP contribution in [-0.4, -0.2) is 13.0 Å². The van der Waals surface area contributed by atoms with Gasteiger partial charge in [0.25, 0.3) is 0 Å². The molecule has 0 unspecified atom stereocenters. The van der Waals surface area contributed by atoms with Gasteiger partial charge in [0.05, 0.1) is 12.1 Å². The first kappa shape index (κ1) is 12.8. The zero-order valence-electron chi connectivity index (χ0n) is 9.34. The van der Waals surface area contributed by atoms with E-state index in [1.807, 2.05) is 19.1 Å². The fourth-order valence-electron chi connectivity index (χ4n) is 1.44. The normalized spacial score (nSPS) is 10.0. The van der Waals surface area contributed by atoms with Gasteiger partial charge in [-0.2, -0.15) is 0 Å². The lowest BCUT2D eigenvalue weighted by molar-refractivity contribution is -0.121. The quantitative estimate of drug-likeness (QED) is 0.479. The highest BCUT2D eigenvalue weighted by Crippen LogP contribution is 2.28. The van der Waals surface area contributed by atoms with Gasteiger partial charge < -0.3 is 4.74 Å². The van der Waals surface area contributed by atoms with Gasteiger partial charge in [0, 0.05) is 6.42 Å². The Bertz CT molecular complexity index is 394. The largest absolute Gasteiger partial charge is 0.495 e. The number of methoxy groups -OCH3 is 1. The lowest BCUT2D eigenvalue weighted by Crippen LogP contribution is -2.30. The second-order valence-corrected chi connectivity index (χ2v) is 3.89. The Labute approximate surface area is 99.7 Å². The maximum Gasteiger partial charge on any atom is 0.234 e. The summed E-state index contributed by atoms with van der Waals surface area (Å²) in [7, 11) is 1.57. The molecule has 16 heavy (non-hydrogen) atoms. The van der Waals surface area contributed by atoms with E-state index in [0.29, 0.717) is 23.6 Å². The summed E-state index contributed by atoms with van der Waals surface area (Å²) in [6, 6.07) is 3.68. The van der Waals surface area contributed by atoms with E-state index >= 15 is 0 Å². The predicted molar refractivity (Wildman–Crippen MR) is 63.4 cm³/mol. The number of ether oxygens (including phenoxy) is 1. The molecular formula is C11H15ClN2O2. The predicted octanol–water partition coefficient (Wildman–Crippen LogP) is 1.58. The molecule has 0 saturated heterocycles. The van der Waals surface area contributed by atoms with E-state index in [-0.39, 0.29) is 5.91 Å². The number of benzene rings is 1. The number of rotatable bonds is 4. The van der Waals surface area contributed by atoms with Crippen molar-refractivity contribution in [3.05, 3.63) is 28.3 Å². The van der Waals surface area contributed by atoms with Crippen molar-refractivity contribution in [3.8, 4) is 5.75 Å². The number of hydrogen-bond acceptors (Lipinski definition) is 3. The number of hydrogen-bond donors (Lipinski definition) is 2. The fraction of sp³-hybridized carbons (Fsp3) is 0.364. The summed E-state index contributed by atoms with van der Waals surface area (Å²) in [5.41, 5.74) is 4.17. The molecule has 0 aliphatic rings. The van der Waals surface area contributed by atoms with Gasteiger partial charge in [-0.1, -0.05) is 11.6 Å². The topological polar surface area (TPSA) is 64.3 Å². The molecule has 1 aromatic carbocycles. The van der Waals surface area contributed by atoms with E-state index in [1.54, 1.807) is 7.11 Å². The molecule has 0 spiro atoms. The first-order valence-electron chi connectivity index (χ1n) is 4.91. The Morgan fingerprint density at radius 2 is 2.25 bits per heavy atom. The molecular weight excluding hydrogens is 228 g/mol. The van der Waals surface area contributed by atoms with Crippen LogP contribution in [0.2, 0.25) is 5.02 Å². The molecule has 0 bridgehead atoms. The highest BCUT2D eigenvalue weighted by molar-refractivity contribution is 6.32. The molecule has 0 saturated carbocycles. The standard InChI is InChI=1S/C11H15ClN2O2/c1-7-5-10(16-2)9(12)6-8(7)3-4-11(15)14-13/h5-6H,3-4,13H2,1-2H3,(H,14,15). The minimum Gasteiger partial charge on any atom is -0.495 e. The first-order valence-corrected chi connectivity index (χ1v) is 5.28. The fourth-order valence-corrected chi connectivity index (χ4v) is 1.71. The molecule has 0 atom stereocenters. The second kappa shape index (κ2) is 5.72. The Kier molecular flexibility index (Phi) is 4.58. The van der Waals surface area contributed by atoms with Crippen molar-refractivity contribution in [2.45, 2.75) is 19.8 Å². The SMILES string of the molecule is COc1cc(C)c(CCC(=O)NN)cc1Cl. The molecule has 1 amide bonds. The average Bonchev–Trinajstić information content (AvgIpc) is 2.29. The monoisotopic (exact) mass is 242 g/mol. The van der Waals surface area contributed by atoms with E-state index in [4.69, 9.17) is 22.2 Å². The number of hydrazine groups is 1. The highest BCUT2D eigenvalue weighted by Gasteiger charge is 2.07. The molecule has 3 N–H and O–H groups in total. The van der Waals surface area contributed by atoms with Crippen molar-refractivity contribution < 1.29 is 9.53 Å². The Morgan fingerprint density at radius 3 is 2.81 bits per heavy atom. The summed E-state index contributed by atoms with van der Waals surface area (Å²) in [5, 5.41) is 0.552. The van der Waals surface area contributed by atoms with Crippen LogP contribution < -0.4 is 16.0 Å². The van der Waals surface area contributed by atoms with E-state index < -0.39 is 0 Å². The van der Waals surface area contributed by atoms with Gasteiger partial charge in [-0.25, -0.2) is 5.84 Å². The maximum absolute atomic E-state index is 11.0. The molecule has 0 heterocycles. The molecule has 88 valence electrons. The van der Waals surface area contributed by atoms with Crippen molar-refractivity contribution in [3.63, 3.8) is 0 Å². The first-order chi connectivity index (χ1) is 7.58. The Balaban J connectivity index is 2.81. The molecule has 0 aliphatic carbocycles. The van der Waals surface area contributed by atoms with E-state index in [1.165, 1.54) is 0 Å². The van der Waals surface area contributed by atoms with Gasteiger partial charge in [0.15, 0.2) is 0 Å². The van der Waals surface area contributed by atoms with Crippen LogP contribution in [0, 0.1) is 6.92 Å². The molecule has 4 nitrogen and oxygen atoms in total. The van der Waals surface area contributed by atoms with Crippen LogP contribution in [0.4, 0.5) is 0 Å². The van der Waals surface area contributed by atoms with Crippen molar-refractivity contribution in [1.82, 2.24) is 5.43 Å². The zero-order valence-corrected chi connectivity index (χ0v) is 10.1. The number of halogens is 1. The van der Waals surface area contributed by atoms with Crippen molar-refractivity contribution in [2.24, 2.45) is 5.84 Å². The molecule has 0 aromatic heterocycles. The Hall–Kier alpha value is -1.26. The lowest BCUT2D eigenvalue weighted by atomic mass is 10.0. The summed E-state index contributed by atoms with van der Waals surface area (Å²) in [4.78, 5) is 11.0. The molecule has 5 heteroatoms. The van der Waals surface area contributed by atoms with Gasteiger partial charge in [0.1, 0.15) is 5.75 Å². The number of amides is 1. The van der Waals surface area contributed by atoms with Crippen LogP contribution >= 0.6 is 11.6 Å². The molecule has 0 aliphatic heterocycles. The van der Waals surface area contributed by atoms with E-state index in [9.17, 15) is 4.79 Å². The van der Waals surface area contributed by atoms with Crippen molar-refractivity contribution >= 4 is 17.5 Å². The summed E-state index contributed by atoms with van der Waals surface area (Å²) < 4.78 is 5.10. The van der Waals surface area contributed by atoms with Gasteiger partial charge >= 0.3 is 0 Å². The van der Waals surface area contributed by atoms with Gasteiger partial charge in [-0.05, 0) is 36.6 Å². The number of nitrogens with two attached hydrogens (primary N) is 1. The van der Waals surface area contributed by atoms with Crippen LogP contribution in [0.5, 0.6) is 5.75 Å². The molecule has 0 radical (unpaired) electrons. The lowest BCUT2D eigenvalue weighted by Gasteiger charge is -2.09. The maximum atomic E-state index is 11.0. The second-order valence-electron chi connectivity index (χ2n) is 3.48. The van der Waals surface area contributed by atoms with E-state index in [0.717, 1.165) is 11.1 Å². The molecule has 1 aromatic rings. The van der Waals surface area contributed by atoms with E-state index in [2.05, 4.69) is 5.43 Å². The average molecular weight is 243 g/mol. The number of carbonyl (C=O) groups is 1. The third-order valence-electron chi connectivity index (χ3n) is 2.39. The third-order valence-corrected chi connectivity index (χ3v) is 2.69. The van der Waals surface area contributed by atoms with Gasteiger partial charge in [0.2, 0.25) is 5.91 Å². The summed E-state index contributed by atoms with van der Waals surface area (Å²) in [6.07, 6.45) is 0.957. The minimum absolute atomic E-state index is 0.189. The Morgan fingerprint density at radius 1 is 1.56 bits per heavy atom. The smallest absolute Gasteiger partial charge is 0.234 e.